The molecule has 112 valence electrons. The number of alkyl carbamates (subject to hydrolysis) is 1. The van der Waals surface area contributed by atoms with Crippen LogP contribution in [0.15, 0.2) is 18.2 Å². The third kappa shape index (κ3) is 6.21. The van der Waals surface area contributed by atoms with Crippen molar-refractivity contribution in [2.45, 2.75) is 38.8 Å². The molecule has 0 fully saturated rings. The van der Waals surface area contributed by atoms with Gasteiger partial charge in [0, 0.05) is 17.6 Å². The van der Waals surface area contributed by atoms with E-state index in [4.69, 9.17) is 22.1 Å². The van der Waals surface area contributed by atoms with Crippen LogP contribution in [0, 0.1) is 5.82 Å². The molecule has 20 heavy (non-hydrogen) atoms. The van der Waals surface area contributed by atoms with Gasteiger partial charge in [-0.25, -0.2) is 9.18 Å². The van der Waals surface area contributed by atoms with Crippen LogP contribution in [0.1, 0.15) is 26.3 Å². The number of nitrogens with two attached hydrogens (primary N) is 1. The summed E-state index contributed by atoms with van der Waals surface area (Å²) in [6, 6.07) is 3.74. The fraction of sp³-hybridized carbons (Fsp3) is 0.500. The van der Waals surface area contributed by atoms with Crippen LogP contribution in [0.3, 0.4) is 0 Å². The molecule has 3 N–H and O–H groups in total. The van der Waals surface area contributed by atoms with Crippen LogP contribution >= 0.6 is 11.6 Å². The Labute approximate surface area is 123 Å². The van der Waals surface area contributed by atoms with Crippen molar-refractivity contribution in [3.8, 4) is 0 Å². The molecule has 4 nitrogen and oxygen atoms in total. The van der Waals surface area contributed by atoms with Gasteiger partial charge in [-0.3, -0.25) is 0 Å². The minimum Gasteiger partial charge on any atom is -0.444 e. The molecule has 0 aliphatic carbocycles. The molecule has 0 saturated heterocycles. The fourth-order valence-corrected chi connectivity index (χ4v) is 1.78. The van der Waals surface area contributed by atoms with Crippen LogP contribution in [0.2, 0.25) is 5.02 Å². The average molecular weight is 303 g/mol. The summed E-state index contributed by atoms with van der Waals surface area (Å²) in [6.07, 6.45) is -0.162. The molecule has 1 rings (SSSR count). The second-order valence-corrected chi connectivity index (χ2v) is 5.99. The molecule has 1 unspecified atom stereocenters. The predicted molar refractivity (Wildman–Crippen MR) is 77.3 cm³/mol. The maximum absolute atomic E-state index is 13.1. The van der Waals surface area contributed by atoms with Gasteiger partial charge in [0.25, 0.3) is 0 Å². The molecule has 0 radical (unpaired) electrons. The maximum atomic E-state index is 13.1. The van der Waals surface area contributed by atoms with Gasteiger partial charge in [0.05, 0.1) is 0 Å². The summed E-state index contributed by atoms with van der Waals surface area (Å²) >= 11 is 5.96. The normalized spacial score (nSPS) is 12.9. The van der Waals surface area contributed by atoms with Crippen LogP contribution < -0.4 is 11.1 Å². The molecule has 1 atom stereocenters. The van der Waals surface area contributed by atoms with Crippen LogP contribution in [0.5, 0.6) is 0 Å². The molecule has 6 heteroatoms. The van der Waals surface area contributed by atoms with Crippen molar-refractivity contribution in [1.82, 2.24) is 5.32 Å². The Morgan fingerprint density at radius 2 is 2.15 bits per heavy atom. The number of hydrogen-bond acceptors (Lipinski definition) is 3. The van der Waals surface area contributed by atoms with E-state index in [1.54, 1.807) is 20.8 Å². The highest BCUT2D eigenvalue weighted by Gasteiger charge is 2.17. The van der Waals surface area contributed by atoms with E-state index in [0.717, 1.165) is 0 Å². The Hall–Kier alpha value is -1.33. The number of nitrogens with one attached hydrogen (secondary N) is 1. The lowest BCUT2D eigenvalue weighted by molar-refractivity contribution is 0.0524. The largest absolute Gasteiger partial charge is 0.444 e. The van der Waals surface area contributed by atoms with E-state index in [1.165, 1.54) is 18.2 Å². The monoisotopic (exact) mass is 302 g/mol. The molecule has 0 bridgehead atoms. The van der Waals surface area contributed by atoms with Crippen LogP contribution in [0.4, 0.5) is 9.18 Å². The van der Waals surface area contributed by atoms with E-state index in [9.17, 15) is 9.18 Å². The van der Waals surface area contributed by atoms with Crippen molar-refractivity contribution < 1.29 is 13.9 Å². The standard InChI is InChI=1S/C14H20ClFN2O2/c1-14(2,3)20-13(19)18-8-11(17)7-9-6-10(16)4-5-12(9)15/h4-6,11H,7-8,17H2,1-3H3,(H,18,19). The van der Waals surface area contributed by atoms with Crippen LogP contribution in [-0.2, 0) is 11.2 Å². The van der Waals surface area contributed by atoms with Gasteiger partial charge in [0.15, 0.2) is 0 Å². The van der Waals surface area contributed by atoms with E-state index in [2.05, 4.69) is 5.32 Å². The number of halogens is 2. The summed E-state index contributed by atoms with van der Waals surface area (Å²) < 4.78 is 18.2. The topological polar surface area (TPSA) is 64.3 Å². The second-order valence-electron chi connectivity index (χ2n) is 5.58. The Morgan fingerprint density at radius 1 is 1.50 bits per heavy atom. The highest BCUT2D eigenvalue weighted by Crippen LogP contribution is 2.18. The summed E-state index contributed by atoms with van der Waals surface area (Å²) in [6.45, 7) is 5.55. The molecule has 0 saturated carbocycles. The number of rotatable bonds is 4. The highest BCUT2D eigenvalue weighted by atomic mass is 35.5. The number of benzene rings is 1. The average Bonchev–Trinajstić information content (AvgIpc) is 2.29. The lowest BCUT2D eigenvalue weighted by atomic mass is 10.1. The molecule has 1 aromatic rings. The van der Waals surface area contributed by atoms with Crippen molar-refractivity contribution in [2.75, 3.05) is 6.54 Å². The molecular weight excluding hydrogens is 283 g/mol. The lowest BCUT2D eigenvalue weighted by Crippen LogP contribution is -2.41. The zero-order valence-corrected chi connectivity index (χ0v) is 12.6. The van der Waals surface area contributed by atoms with Gasteiger partial charge in [-0.05, 0) is 51.0 Å². The van der Waals surface area contributed by atoms with E-state index in [-0.39, 0.29) is 18.4 Å². The molecule has 0 aliphatic rings. The molecule has 0 aromatic heterocycles. The Morgan fingerprint density at radius 3 is 2.75 bits per heavy atom. The van der Waals surface area contributed by atoms with Crippen molar-refractivity contribution in [2.24, 2.45) is 5.73 Å². The van der Waals surface area contributed by atoms with E-state index in [0.29, 0.717) is 17.0 Å². The highest BCUT2D eigenvalue weighted by molar-refractivity contribution is 6.31. The summed E-state index contributed by atoms with van der Waals surface area (Å²) in [4.78, 5) is 11.5. The third-order valence-corrected chi connectivity index (χ3v) is 2.77. The first kappa shape index (κ1) is 16.7. The van der Waals surface area contributed by atoms with Crippen molar-refractivity contribution in [1.29, 1.82) is 0 Å². The summed E-state index contributed by atoms with van der Waals surface area (Å²) in [5.41, 5.74) is 5.95. The van der Waals surface area contributed by atoms with Crippen molar-refractivity contribution in [3.63, 3.8) is 0 Å². The lowest BCUT2D eigenvalue weighted by Gasteiger charge is -2.21. The first-order chi connectivity index (χ1) is 9.17. The van der Waals surface area contributed by atoms with Gasteiger partial charge in [0.1, 0.15) is 11.4 Å². The Kier molecular flexibility index (Phi) is 5.77. The van der Waals surface area contributed by atoms with Gasteiger partial charge in [-0.1, -0.05) is 11.6 Å². The molecule has 1 amide bonds. The minimum atomic E-state index is -0.556. The first-order valence-electron chi connectivity index (χ1n) is 6.34. The predicted octanol–water partition coefficient (Wildman–Crippen LogP) is 2.87. The molecule has 0 aliphatic heterocycles. The number of hydrogen-bond donors (Lipinski definition) is 2. The number of carbonyl (C=O) groups is 1. The van der Waals surface area contributed by atoms with Gasteiger partial charge in [-0.15, -0.1) is 0 Å². The number of carbonyl (C=O) groups excluding carboxylic acids is 1. The molecule has 1 aromatic carbocycles. The van der Waals surface area contributed by atoms with E-state index in [1.807, 2.05) is 0 Å². The molecular formula is C14H20ClFN2O2. The van der Waals surface area contributed by atoms with Crippen molar-refractivity contribution in [3.05, 3.63) is 34.6 Å². The maximum Gasteiger partial charge on any atom is 0.407 e. The SMILES string of the molecule is CC(C)(C)OC(=O)NCC(N)Cc1cc(F)ccc1Cl. The molecule has 0 heterocycles. The van der Waals surface area contributed by atoms with Crippen LogP contribution in [-0.4, -0.2) is 24.3 Å². The summed E-state index contributed by atoms with van der Waals surface area (Å²) in [7, 11) is 0. The van der Waals surface area contributed by atoms with Crippen LogP contribution in [0.25, 0.3) is 0 Å². The number of ether oxygens (including phenoxy) is 1. The van der Waals surface area contributed by atoms with E-state index >= 15 is 0 Å². The summed E-state index contributed by atoms with van der Waals surface area (Å²) in [5.74, 6) is -0.364. The van der Waals surface area contributed by atoms with Gasteiger partial charge < -0.3 is 15.8 Å². The van der Waals surface area contributed by atoms with Gasteiger partial charge in [0.2, 0.25) is 0 Å². The second kappa shape index (κ2) is 6.90. The first-order valence-corrected chi connectivity index (χ1v) is 6.71. The Bertz CT molecular complexity index is 475. The third-order valence-electron chi connectivity index (χ3n) is 2.40. The quantitative estimate of drug-likeness (QED) is 0.899. The van der Waals surface area contributed by atoms with E-state index < -0.39 is 11.7 Å². The molecule has 0 spiro atoms. The van der Waals surface area contributed by atoms with Crippen molar-refractivity contribution >= 4 is 17.7 Å². The summed E-state index contributed by atoms with van der Waals surface area (Å²) in [5, 5.41) is 3.03. The Balaban J connectivity index is 2.46. The zero-order chi connectivity index (χ0) is 15.3. The van der Waals surface area contributed by atoms with Gasteiger partial charge >= 0.3 is 6.09 Å². The number of amides is 1. The minimum absolute atomic E-state index is 0.224. The fourth-order valence-electron chi connectivity index (χ4n) is 1.58. The zero-order valence-electron chi connectivity index (χ0n) is 11.9. The smallest absolute Gasteiger partial charge is 0.407 e. The van der Waals surface area contributed by atoms with Gasteiger partial charge in [-0.2, -0.15) is 0 Å².